The zero-order chi connectivity index (χ0) is 49.7. The number of nitrogens with one attached hydrogen (secondary N) is 2. The van der Waals surface area contributed by atoms with Gasteiger partial charge in [-0.3, -0.25) is 19.3 Å². The molecule has 4 heterocycles. The van der Waals surface area contributed by atoms with Gasteiger partial charge in [0.15, 0.2) is 0 Å². The van der Waals surface area contributed by atoms with E-state index in [0.29, 0.717) is 52.6 Å². The zero-order valence-electron chi connectivity index (χ0n) is 39.9. The highest BCUT2D eigenvalue weighted by atomic mass is 16.7. The summed E-state index contributed by atoms with van der Waals surface area (Å²) in [7, 11) is 3.31. The number of carbonyl (C=O) groups is 4. The molecule has 2 aliphatic heterocycles. The van der Waals surface area contributed by atoms with E-state index < -0.39 is 23.0 Å². The number of benzene rings is 2. The molecule has 0 saturated carbocycles. The molecule has 68 heavy (non-hydrogen) atoms. The largest absolute Gasteiger partial charge is 0.543 e. The number of hydroxylamine groups is 4. The fourth-order valence-corrected chi connectivity index (χ4v) is 8.36. The van der Waals surface area contributed by atoms with E-state index in [0.717, 1.165) is 76.1 Å². The van der Waals surface area contributed by atoms with Crippen molar-refractivity contribution in [3.8, 4) is 0 Å². The average molecular weight is 955 g/mol. The van der Waals surface area contributed by atoms with Crippen molar-refractivity contribution < 1.29 is 58.3 Å². The first kappa shape index (κ1) is 54.4. The topological polar surface area (TPSA) is 272 Å². The van der Waals surface area contributed by atoms with E-state index in [4.69, 9.17) is 39.0 Å². The second kappa shape index (κ2) is 27.0. The molecule has 6 rings (SSSR count). The molecule has 2 aromatic heterocycles. The number of tetrazole rings is 2. The van der Waals surface area contributed by atoms with Crippen molar-refractivity contribution in [3.63, 3.8) is 0 Å². The van der Waals surface area contributed by atoms with Crippen LogP contribution in [0.4, 0.5) is 0 Å². The zero-order valence-corrected chi connectivity index (χ0v) is 39.9. The summed E-state index contributed by atoms with van der Waals surface area (Å²) in [5, 5.41) is 36.5. The Kier molecular flexibility index (Phi) is 21.6. The molecule has 374 valence electrons. The number of aryl methyl sites for hydroxylation is 2. The van der Waals surface area contributed by atoms with Gasteiger partial charge in [-0.1, -0.05) is 60.7 Å². The molecule has 2 amide bonds. The molecule has 2 fully saturated rings. The predicted molar refractivity (Wildman–Crippen MR) is 236 cm³/mol. The number of hydrogen-bond acceptors (Lipinski definition) is 16. The van der Waals surface area contributed by atoms with Gasteiger partial charge in [-0.15, -0.1) is 0 Å². The minimum atomic E-state index is -2.19. The number of hydrogen-bond donors (Lipinski definition) is 2. The van der Waals surface area contributed by atoms with Gasteiger partial charge in [0, 0.05) is 66.8 Å². The van der Waals surface area contributed by atoms with Gasteiger partial charge in [-0.2, -0.15) is 18.7 Å². The molecule has 0 unspecified atom stereocenters. The number of carbonyl (C=O) groups excluding carboxylic acids is 4. The minimum absolute atomic E-state index is 0.126. The smallest absolute Gasteiger partial charge is 0.363 e. The van der Waals surface area contributed by atoms with Crippen molar-refractivity contribution in [2.75, 3.05) is 66.7 Å². The van der Waals surface area contributed by atoms with E-state index >= 15 is 0 Å². The van der Waals surface area contributed by atoms with E-state index in [1.807, 2.05) is 74.5 Å². The fourth-order valence-electron chi connectivity index (χ4n) is 8.36. The number of piperidine rings is 2. The van der Waals surface area contributed by atoms with E-state index in [1.54, 1.807) is 14.2 Å². The predicted octanol–water partition coefficient (Wildman–Crippen LogP) is -4.51. The Morgan fingerprint density at radius 1 is 0.588 bits per heavy atom. The molecular formula is C44H66N12O12. The monoisotopic (exact) mass is 954 g/mol. The number of amides is 2. The number of rotatable bonds is 20. The number of quaternary nitrogens is 2. The number of methoxy groups -OCH3 is 2. The Morgan fingerprint density at radius 3 is 1.18 bits per heavy atom. The van der Waals surface area contributed by atoms with Gasteiger partial charge >= 0.3 is 11.4 Å². The van der Waals surface area contributed by atoms with Crippen LogP contribution in [0.25, 0.3) is 0 Å². The summed E-state index contributed by atoms with van der Waals surface area (Å²) < 4.78 is 16.6. The third-order valence-electron chi connectivity index (χ3n) is 12.0. The van der Waals surface area contributed by atoms with Crippen molar-refractivity contribution >= 4 is 23.8 Å². The quantitative estimate of drug-likeness (QED) is 0.0624. The van der Waals surface area contributed by atoms with Crippen molar-refractivity contribution in [1.82, 2.24) is 49.7 Å². The minimum Gasteiger partial charge on any atom is -0.543 e. The lowest BCUT2D eigenvalue weighted by atomic mass is 9.87. The second-order valence-electron chi connectivity index (χ2n) is 16.6. The number of carboxylic acid groups (broad SMARTS) is 2. The van der Waals surface area contributed by atoms with Gasteiger partial charge in [0.2, 0.25) is 11.8 Å². The van der Waals surface area contributed by atoms with Gasteiger partial charge in [0.05, 0.1) is 77.5 Å². The third-order valence-corrected chi connectivity index (χ3v) is 12.0. The molecule has 4 aromatic rings. The van der Waals surface area contributed by atoms with E-state index in [9.17, 15) is 19.2 Å². The Hall–Kier alpha value is -6.18. The lowest BCUT2D eigenvalue weighted by Gasteiger charge is -2.45. The summed E-state index contributed by atoms with van der Waals surface area (Å²) in [6.07, 6.45) is 3.00. The van der Waals surface area contributed by atoms with Crippen molar-refractivity contribution in [3.05, 3.63) is 92.8 Å². The van der Waals surface area contributed by atoms with Crippen LogP contribution in [0, 0.1) is 0 Å². The van der Waals surface area contributed by atoms with Gasteiger partial charge in [0.25, 0.3) is 0 Å². The third kappa shape index (κ3) is 15.4. The molecule has 0 radical (unpaired) electrons. The normalized spacial score (nSPS) is 20.0. The molecule has 2 aliphatic rings. The first-order valence-corrected chi connectivity index (χ1v) is 22.7. The standard InChI is InChI=1S/2C21H32N6O4.C2H2O4/c2*1-4-25-20(29)26(23-22-25)15-14-24-12-10-21(11-13-24,17-30-3)27(18(2)28)31-16-19-8-6-5-7-9-19;3-1(4)2(5)6/h2*5-9H,4,10-17H2,1-3H3;(H,3,4)(H,5,6). The van der Waals surface area contributed by atoms with Gasteiger partial charge in [0.1, 0.15) is 24.3 Å². The van der Waals surface area contributed by atoms with Crippen LogP contribution in [0.3, 0.4) is 0 Å². The highest BCUT2D eigenvalue weighted by Crippen LogP contribution is 2.28. The maximum atomic E-state index is 12.5. The van der Waals surface area contributed by atoms with E-state index in [1.165, 1.54) is 52.5 Å². The summed E-state index contributed by atoms with van der Waals surface area (Å²) in [6, 6.07) is 19.6. The SMILES string of the molecule is CCn1nnn(CC[NH+]2CCC(COC)(N(OCc3ccccc3)C(C)=O)CC2)c1=O.CCn1nnn(CC[NH+]2CCC(COC)(N(OCc3ccccc3)C(C)=O)CC2)c1=O.O=C([O-])C(=O)[O-]. The summed E-state index contributed by atoms with van der Waals surface area (Å²) in [5.41, 5.74) is 0.668. The molecule has 0 atom stereocenters. The van der Waals surface area contributed by atoms with Crippen LogP contribution in [0.15, 0.2) is 70.3 Å². The van der Waals surface area contributed by atoms with Crippen LogP contribution in [-0.4, -0.2) is 151 Å². The molecular weight excluding hydrogens is 889 g/mol. The van der Waals surface area contributed by atoms with E-state index in [2.05, 4.69) is 20.9 Å². The van der Waals surface area contributed by atoms with Crippen LogP contribution in [0.1, 0.15) is 64.5 Å². The summed E-state index contributed by atoms with van der Waals surface area (Å²) >= 11 is 0. The lowest BCUT2D eigenvalue weighted by molar-refractivity contribution is -0.908. The highest BCUT2D eigenvalue weighted by Gasteiger charge is 2.46. The summed E-state index contributed by atoms with van der Waals surface area (Å²) in [4.78, 5) is 81.8. The molecule has 0 spiro atoms. The lowest BCUT2D eigenvalue weighted by Crippen LogP contribution is -3.14. The number of carboxylic acids is 2. The number of ether oxygens (including phenoxy) is 2. The molecule has 2 saturated heterocycles. The molecule has 0 aliphatic carbocycles. The number of likely N-dealkylation sites (tertiary alicyclic amines) is 2. The Labute approximate surface area is 394 Å². The Bertz CT molecular complexity index is 2130. The first-order chi connectivity index (χ1) is 32.6. The number of nitrogens with zero attached hydrogens (tertiary/aromatic N) is 10. The van der Waals surface area contributed by atoms with Crippen molar-refractivity contribution in [2.24, 2.45) is 0 Å². The maximum Gasteiger partial charge on any atom is 0.363 e. The number of aromatic nitrogens is 8. The molecule has 24 heteroatoms. The Balaban J connectivity index is 0.000000265. The second-order valence-corrected chi connectivity index (χ2v) is 16.6. The van der Waals surface area contributed by atoms with Crippen LogP contribution in [0.5, 0.6) is 0 Å². The Morgan fingerprint density at radius 2 is 0.912 bits per heavy atom. The van der Waals surface area contributed by atoms with Gasteiger partial charge in [-0.05, 0) is 45.8 Å². The maximum absolute atomic E-state index is 12.5. The molecule has 24 nitrogen and oxygen atoms in total. The summed E-state index contributed by atoms with van der Waals surface area (Å²) in [6.45, 7) is 15.3. The number of aliphatic carboxylic acids is 2. The van der Waals surface area contributed by atoms with E-state index in [-0.39, 0.29) is 23.2 Å². The fraction of sp³-hybridized carbons (Fsp3) is 0.591. The van der Waals surface area contributed by atoms with Crippen molar-refractivity contribution in [1.29, 1.82) is 0 Å². The molecule has 2 aromatic carbocycles. The van der Waals surface area contributed by atoms with Crippen LogP contribution in [0.2, 0.25) is 0 Å². The first-order valence-electron chi connectivity index (χ1n) is 22.7. The van der Waals surface area contributed by atoms with Gasteiger partial charge in [-0.25, -0.2) is 19.7 Å². The van der Waals surface area contributed by atoms with Gasteiger partial charge < -0.3 is 39.1 Å². The van der Waals surface area contributed by atoms with Crippen molar-refractivity contribution in [2.45, 2.75) is 104 Å². The molecule has 0 bridgehead atoms. The van der Waals surface area contributed by atoms with Crippen LogP contribution >= 0.6 is 0 Å². The molecule has 2 N–H and O–H groups in total. The van der Waals surface area contributed by atoms with Crippen LogP contribution < -0.4 is 31.4 Å². The average Bonchev–Trinajstić information content (AvgIpc) is 3.89. The van der Waals surface area contributed by atoms with Crippen LogP contribution in [-0.2, 0) is 77.7 Å². The highest BCUT2D eigenvalue weighted by molar-refractivity contribution is 6.25. The summed E-state index contributed by atoms with van der Waals surface area (Å²) in [5.74, 6) is -4.62.